The van der Waals surface area contributed by atoms with E-state index in [9.17, 15) is 19.5 Å². The maximum Gasteiger partial charge on any atom is 0.355 e. The standard InChI is InChI=1S/C15H13Cl2NO7/c1-23-14(21)7-5-25-6-18(12(7)15(22)24-2)9-4-3-8(16)10(11(9)17)13(19)20/h3-4H,5-6H2,1-2H3,(H,19,20). The summed E-state index contributed by atoms with van der Waals surface area (Å²) in [4.78, 5) is 36.8. The molecule has 1 aromatic carbocycles. The number of ether oxygens (including phenoxy) is 3. The second-order valence-electron chi connectivity index (χ2n) is 4.78. The van der Waals surface area contributed by atoms with E-state index in [-0.39, 0.29) is 45.9 Å². The van der Waals surface area contributed by atoms with Crippen molar-refractivity contribution in [1.82, 2.24) is 0 Å². The zero-order valence-corrected chi connectivity index (χ0v) is 14.7. The van der Waals surface area contributed by atoms with Crippen LogP contribution < -0.4 is 4.90 Å². The highest BCUT2D eigenvalue weighted by molar-refractivity contribution is 6.41. The van der Waals surface area contributed by atoms with Gasteiger partial charge in [-0.25, -0.2) is 14.4 Å². The average Bonchev–Trinajstić information content (AvgIpc) is 2.59. The van der Waals surface area contributed by atoms with E-state index in [0.717, 1.165) is 14.2 Å². The molecule has 0 bridgehead atoms. The van der Waals surface area contributed by atoms with Crippen molar-refractivity contribution in [2.24, 2.45) is 0 Å². The van der Waals surface area contributed by atoms with Gasteiger partial charge in [0.1, 0.15) is 12.4 Å². The molecular weight excluding hydrogens is 377 g/mol. The molecule has 1 heterocycles. The van der Waals surface area contributed by atoms with E-state index in [0.29, 0.717) is 0 Å². The first-order chi connectivity index (χ1) is 11.8. The first-order valence-corrected chi connectivity index (χ1v) is 7.55. The SMILES string of the molecule is COC(=O)C1=C(C(=O)OC)N(c2ccc(Cl)c(C(=O)O)c2Cl)COC1. The Morgan fingerprint density at radius 3 is 2.36 bits per heavy atom. The minimum absolute atomic E-state index is 0.0732. The summed E-state index contributed by atoms with van der Waals surface area (Å²) < 4.78 is 14.7. The molecule has 0 atom stereocenters. The Bertz CT molecular complexity index is 775. The summed E-state index contributed by atoms with van der Waals surface area (Å²) in [5.41, 5.74) is -0.454. The summed E-state index contributed by atoms with van der Waals surface area (Å²) in [6, 6.07) is 2.72. The summed E-state index contributed by atoms with van der Waals surface area (Å²) >= 11 is 12.0. The summed E-state index contributed by atoms with van der Waals surface area (Å²) in [5.74, 6) is -2.95. The van der Waals surface area contributed by atoms with Gasteiger partial charge in [0.05, 0.1) is 47.7 Å². The number of hydrogen-bond donors (Lipinski definition) is 1. The molecule has 0 aromatic heterocycles. The number of anilines is 1. The van der Waals surface area contributed by atoms with Gasteiger partial charge in [0.2, 0.25) is 0 Å². The largest absolute Gasteiger partial charge is 0.478 e. The lowest BCUT2D eigenvalue weighted by molar-refractivity contribution is -0.140. The van der Waals surface area contributed by atoms with Gasteiger partial charge in [-0.05, 0) is 12.1 Å². The number of nitrogens with zero attached hydrogens (tertiary/aromatic N) is 1. The average molecular weight is 390 g/mol. The van der Waals surface area contributed by atoms with Gasteiger partial charge in [0.15, 0.2) is 0 Å². The van der Waals surface area contributed by atoms with Crippen LogP contribution in [0.4, 0.5) is 5.69 Å². The molecule has 1 aliphatic rings. The van der Waals surface area contributed by atoms with Crippen LogP contribution >= 0.6 is 23.2 Å². The van der Waals surface area contributed by atoms with Crippen LogP contribution in [0.15, 0.2) is 23.4 Å². The van der Waals surface area contributed by atoms with E-state index >= 15 is 0 Å². The van der Waals surface area contributed by atoms with Crippen molar-refractivity contribution in [3.8, 4) is 0 Å². The van der Waals surface area contributed by atoms with Gasteiger partial charge in [-0.15, -0.1) is 0 Å². The van der Waals surface area contributed by atoms with E-state index in [2.05, 4.69) is 4.74 Å². The number of carbonyl (C=O) groups is 3. The molecular formula is C15H13Cl2NO7. The lowest BCUT2D eigenvalue weighted by Gasteiger charge is -2.32. The minimum Gasteiger partial charge on any atom is -0.478 e. The number of carboxylic acids is 1. The van der Waals surface area contributed by atoms with Crippen molar-refractivity contribution in [3.63, 3.8) is 0 Å². The highest BCUT2D eigenvalue weighted by atomic mass is 35.5. The van der Waals surface area contributed by atoms with Crippen LogP contribution in [0.25, 0.3) is 0 Å². The fourth-order valence-corrected chi connectivity index (χ4v) is 2.91. The van der Waals surface area contributed by atoms with Gasteiger partial charge < -0.3 is 24.2 Å². The fraction of sp³-hybridized carbons (Fsp3) is 0.267. The zero-order valence-electron chi connectivity index (χ0n) is 13.2. The Morgan fingerprint density at radius 2 is 1.80 bits per heavy atom. The molecule has 0 radical (unpaired) electrons. The number of rotatable bonds is 4. The molecule has 134 valence electrons. The van der Waals surface area contributed by atoms with Crippen LogP contribution in [-0.2, 0) is 23.8 Å². The maximum absolute atomic E-state index is 12.2. The predicted octanol–water partition coefficient (Wildman–Crippen LogP) is 2.09. The Labute approximate surface area is 152 Å². The number of esters is 2. The topological polar surface area (TPSA) is 102 Å². The summed E-state index contributed by atoms with van der Waals surface area (Å²) in [6.45, 7) is -0.337. The van der Waals surface area contributed by atoms with E-state index in [4.69, 9.17) is 32.7 Å². The monoisotopic (exact) mass is 389 g/mol. The molecule has 0 fully saturated rings. The number of benzene rings is 1. The number of carbonyl (C=O) groups excluding carboxylic acids is 2. The molecule has 0 spiro atoms. The van der Waals surface area contributed by atoms with Crippen LogP contribution in [0.1, 0.15) is 10.4 Å². The third kappa shape index (κ3) is 3.55. The van der Waals surface area contributed by atoms with Crippen LogP contribution in [0.3, 0.4) is 0 Å². The molecule has 8 nitrogen and oxygen atoms in total. The fourth-order valence-electron chi connectivity index (χ4n) is 2.28. The number of methoxy groups -OCH3 is 2. The highest BCUT2D eigenvalue weighted by Crippen LogP contribution is 2.37. The van der Waals surface area contributed by atoms with E-state index in [1.54, 1.807) is 0 Å². The van der Waals surface area contributed by atoms with Crippen LogP contribution in [0, 0.1) is 0 Å². The summed E-state index contributed by atoms with van der Waals surface area (Å²) in [6.07, 6.45) is 0. The molecule has 1 aromatic rings. The molecule has 1 aliphatic heterocycles. The van der Waals surface area contributed by atoms with Crippen molar-refractivity contribution in [2.75, 3.05) is 32.5 Å². The zero-order chi connectivity index (χ0) is 18.7. The van der Waals surface area contributed by atoms with E-state index in [1.807, 2.05) is 0 Å². The van der Waals surface area contributed by atoms with Crippen LogP contribution in [-0.4, -0.2) is 50.6 Å². The van der Waals surface area contributed by atoms with Crippen LogP contribution in [0.2, 0.25) is 10.0 Å². The van der Waals surface area contributed by atoms with Gasteiger partial charge in [-0.2, -0.15) is 0 Å². The van der Waals surface area contributed by atoms with Crippen molar-refractivity contribution in [2.45, 2.75) is 0 Å². The predicted molar refractivity (Wildman–Crippen MR) is 87.8 cm³/mol. The van der Waals surface area contributed by atoms with Crippen molar-refractivity contribution >= 4 is 46.8 Å². The van der Waals surface area contributed by atoms with Gasteiger partial charge in [0, 0.05) is 0 Å². The number of carboxylic acid groups (broad SMARTS) is 1. The van der Waals surface area contributed by atoms with Crippen molar-refractivity contribution in [1.29, 1.82) is 0 Å². The molecule has 25 heavy (non-hydrogen) atoms. The van der Waals surface area contributed by atoms with Gasteiger partial charge >= 0.3 is 17.9 Å². The smallest absolute Gasteiger partial charge is 0.355 e. The van der Waals surface area contributed by atoms with Crippen molar-refractivity contribution in [3.05, 3.63) is 39.0 Å². The maximum atomic E-state index is 12.2. The molecule has 0 saturated heterocycles. The molecule has 0 aliphatic carbocycles. The van der Waals surface area contributed by atoms with Gasteiger partial charge in [-0.1, -0.05) is 23.2 Å². The first kappa shape index (κ1) is 19.0. The Kier molecular flexibility index (Phi) is 5.89. The molecule has 0 amide bonds. The normalized spacial score (nSPS) is 14.3. The molecule has 0 unspecified atom stereocenters. The highest BCUT2D eigenvalue weighted by Gasteiger charge is 2.34. The van der Waals surface area contributed by atoms with E-state index in [1.165, 1.54) is 17.0 Å². The Balaban J connectivity index is 2.68. The quantitative estimate of drug-likeness (QED) is 0.780. The summed E-state index contributed by atoms with van der Waals surface area (Å²) in [7, 11) is 2.30. The minimum atomic E-state index is -1.34. The number of hydrogen-bond acceptors (Lipinski definition) is 7. The molecule has 2 rings (SSSR count). The first-order valence-electron chi connectivity index (χ1n) is 6.79. The van der Waals surface area contributed by atoms with E-state index < -0.39 is 17.9 Å². The Morgan fingerprint density at radius 1 is 1.16 bits per heavy atom. The van der Waals surface area contributed by atoms with Gasteiger partial charge in [-0.3, -0.25) is 0 Å². The lowest BCUT2D eigenvalue weighted by Crippen LogP contribution is -2.39. The summed E-state index contributed by atoms with van der Waals surface area (Å²) in [5, 5.41) is 8.99. The van der Waals surface area contributed by atoms with Crippen LogP contribution in [0.5, 0.6) is 0 Å². The third-order valence-corrected chi connectivity index (χ3v) is 4.11. The molecule has 10 heteroatoms. The lowest BCUT2D eigenvalue weighted by atomic mass is 10.1. The second-order valence-corrected chi connectivity index (χ2v) is 5.56. The second kappa shape index (κ2) is 7.73. The van der Waals surface area contributed by atoms with Gasteiger partial charge in [0.25, 0.3) is 0 Å². The molecule has 0 saturated carbocycles. The molecule has 1 N–H and O–H groups in total. The Hall–Kier alpha value is -2.29. The number of halogens is 2. The van der Waals surface area contributed by atoms with Crippen molar-refractivity contribution < 1.29 is 33.7 Å². The third-order valence-electron chi connectivity index (χ3n) is 3.41. The number of aromatic carboxylic acids is 1.